The molecule has 174 valence electrons. The van der Waals surface area contributed by atoms with E-state index in [4.69, 9.17) is 4.74 Å². The second-order valence-electron chi connectivity index (χ2n) is 6.99. The van der Waals surface area contributed by atoms with E-state index < -0.39 is 30.2 Å². The number of halogens is 2. The predicted molar refractivity (Wildman–Crippen MR) is 121 cm³/mol. The van der Waals surface area contributed by atoms with Gasteiger partial charge in [-0.1, -0.05) is 23.5 Å². The Kier molecular flexibility index (Phi) is 8.40. The van der Waals surface area contributed by atoms with Gasteiger partial charge in [0.1, 0.15) is 29.4 Å². The SMILES string of the molecule is CCNC(=O)Nc1nc2c(F)c(-c3ccc(OCC(=O)[O-])cc3)cc(-c3ncccc3F)c2s1.[Li+]. The van der Waals surface area contributed by atoms with Gasteiger partial charge in [-0.15, -0.1) is 0 Å². The van der Waals surface area contributed by atoms with Crippen LogP contribution in [0.3, 0.4) is 0 Å². The average Bonchev–Trinajstić information content (AvgIpc) is 3.23. The molecule has 8 nitrogen and oxygen atoms in total. The number of anilines is 1. The van der Waals surface area contributed by atoms with E-state index in [2.05, 4.69) is 20.6 Å². The quantitative estimate of drug-likeness (QED) is 0.366. The van der Waals surface area contributed by atoms with Gasteiger partial charge in [0.05, 0.1) is 10.7 Å². The summed E-state index contributed by atoms with van der Waals surface area (Å²) in [6.45, 7) is 1.52. The molecule has 0 radical (unpaired) electrons. The molecule has 12 heteroatoms. The Balaban J connectivity index is 0.00000342. The van der Waals surface area contributed by atoms with Gasteiger partial charge < -0.3 is 20.0 Å². The van der Waals surface area contributed by atoms with E-state index in [9.17, 15) is 19.1 Å². The Hall–Kier alpha value is -3.52. The molecule has 0 aliphatic carbocycles. The minimum absolute atomic E-state index is 0. The normalized spacial score (nSPS) is 10.5. The topological polar surface area (TPSA) is 116 Å². The minimum Gasteiger partial charge on any atom is -0.546 e. The van der Waals surface area contributed by atoms with E-state index in [1.54, 1.807) is 6.92 Å². The van der Waals surface area contributed by atoms with Crippen molar-refractivity contribution in [1.29, 1.82) is 0 Å². The molecule has 0 unspecified atom stereocenters. The van der Waals surface area contributed by atoms with Gasteiger partial charge in [0.2, 0.25) is 0 Å². The smallest absolute Gasteiger partial charge is 0.546 e. The van der Waals surface area contributed by atoms with Gasteiger partial charge in [0, 0.05) is 23.9 Å². The number of thiazole rings is 1. The number of fused-ring (bicyclic) bond motifs is 1. The molecule has 0 saturated carbocycles. The van der Waals surface area contributed by atoms with Crippen molar-refractivity contribution in [3.05, 3.63) is 60.3 Å². The van der Waals surface area contributed by atoms with E-state index in [1.165, 1.54) is 48.7 Å². The van der Waals surface area contributed by atoms with Crippen LogP contribution in [0.5, 0.6) is 5.75 Å². The fourth-order valence-corrected chi connectivity index (χ4v) is 4.22. The molecule has 2 heterocycles. The molecule has 0 spiro atoms. The van der Waals surface area contributed by atoms with Crippen molar-refractivity contribution < 1.29 is 47.1 Å². The first kappa shape index (κ1) is 26.1. The van der Waals surface area contributed by atoms with Gasteiger partial charge in [0.25, 0.3) is 0 Å². The molecule has 0 saturated heterocycles. The van der Waals surface area contributed by atoms with Crippen LogP contribution in [-0.2, 0) is 4.79 Å². The van der Waals surface area contributed by atoms with Crippen LogP contribution >= 0.6 is 11.3 Å². The Bertz CT molecular complexity index is 1380. The van der Waals surface area contributed by atoms with Crippen molar-refractivity contribution in [3.63, 3.8) is 0 Å². The van der Waals surface area contributed by atoms with Gasteiger partial charge in [-0.3, -0.25) is 10.3 Å². The number of amides is 2. The summed E-state index contributed by atoms with van der Waals surface area (Å²) >= 11 is 1.00. The third-order valence-corrected chi connectivity index (χ3v) is 5.70. The predicted octanol–water partition coefficient (Wildman–Crippen LogP) is 0.578. The molecule has 0 atom stereocenters. The van der Waals surface area contributed by atoms with E-state index in [-0.39, 0.29) is 46.5 Å². The zero-order valence-corrected chi connectivity index (χ0v) is 19.5. The number of pyridine rings is 1. The standard InChI is InChI=1S/C23H18F2N4O4S.Li/c1-2-26-22(32)29-23-28-20-18(25)14(12-5-7-13(8-6-12)33-11-17(30)31)10-15(21(20)34-23)19-16(24)4-3-9-27-19;/h3-10H,2,11H2,1H3,(H,30,31)(H2,26,28,29,32);/q;+1/p-1. The largest absolute Gasteiger partial charge is 1.00 e. The van der Waals surface area contributed by atoms with Crippen molar-refractivity contribution in [2.45, 2.75) is 6.92 Å². The number of ether oxygens (including phenoxy) is 1. The number of urea groups is 1. The van der Waals surface area contributed by atoms with Crippen LogP contribution < -0.4 is 39.3 Å². The van der Waals surface area contributed by atoms with Crippen molar-refractivity contribution in [2.75, 3.05) is 18.5 Å². The molecule has 35 heavy (non-hydrogen) atoms. The first-order valence-corrected chi connectivity index (χ1v) is 10.9. The summed E-state index contributed by atoms with van der Waals surface area (Å²) in [5.41, 5.74) is 0.809. The molecule has 4 rings (SSSR count). The fourth-order valence-electron chi connectivity index (χ4n) is 3.25. The Morgan fingerprint density at radius 3 is 2.54 bits per heavy atom. The summed E-state index contributed by atoms with van der Waals surface area (Å²) in [5, 5.41) is 15.8. The maximum atomic E-state index is 15.6. The molecule has 2 amide bonds. The van der Waals surface area contributed by atoms with Crippen molar-refractivity contribution in [3.8, 4) is 28.1 Å². The summed E-state index contributed by atoms with van der Waals surface area (Å²) < 4.78 is 35.6. The number of hydrogen-bond donors (Lipinski definition) is 2. The Labute approximate surface area is 214 Å². The monoisotopic (exact) mass is 490 g/mol. The summed E-state index contributed by atoms with van der Waals surface area (Å²) in [5.74, 6) is -2.38. The minimum atomic E-state index is -1.37. The number of aliphatic carboxylic acids is 1. The summed E-state index contributed by atoms with van der Waals surface area (Å²) in [6.07, 6.45) is 1.42. The molecule has 0 aliphatic heterocycles. The van der Waals surface area contributed by atoms with Crippen LogP contribution in [0.25, 0.3) is 32.6 Å². The molecular formula is C23H17F2LiN4O4S. The van der Waals surface area contributed by atoms with Gasteiger partial charge in [0.15, 0.2) is 10.9 Å². The maximum absolute atomic E-state index is 15.6. The van der Waals surface area contributed by atoms with Gasteiger partial charge in [-0.05, 0) is 42.8 Å². The van der Waals surface area contributed by atoms with Crippen LogP contribution in [-0.4, -0.2) is 35.1 Å². The van der Waals surface area contributed by atoms with E-state index >= 15 is 4.39 Å². The molecule has 0 fully saturated rings. The van der Waals surface area contributed by atoms with Crippen LogP contribution in [0.2, 0.25) is 0 Å². The number of rotatable bonds is 7. The van der Waals surface area contributed by atoms with Crippen LogP contribution in [0.4, 0.5) is 18.7 Å². The first-order valence-electron chi connectivity index (χ1n) is 10.1. The zero-order valence-electron chi connectivity index (χ0n) is 18.7. The number of nitrogens with zero attached hydrogens (tertiary/aromatic N) is 2. The number of aromatic nitrogens is 2. The molecule has 2 N–H and O–H groups in total. The summed E-state index contributed by atoms with van der Waals surface area (Å²) in [7, 11) is 0. The molecular weight excluding hydrogens is 473 g/mol. The summed E-state index contributed by atoms with van der Waals surface area (Å²) in [4.78, 5) is 30.8. The van der Waals surface area contributed by atoms with Gasteiger partial charge in [-0.2, -0.15) is 0 Å². The van der Waals surface area contributed by atoms with Crippen LogP contribution in [0.1, 0.15) is 6.92 Å². The Morgan fingerprint density at radius 1 is 1.14 bits per heavy atom. The first-order chi connectivity index (χ1) is 16.4. The van der Waals surface area contributed by atoms with Crippen molar-refractivity contribution in [2.24, 2.45) is 0 Å². The van der Waals surface area contributed by atoms with Crippen LogP contribution in [0.15, 0.2) is 48.7 Å². The molecule has 2 aromatic carbocycles. The van der Waals surface area contributed by atoms with Crippen molar-refractivity contribution in [1.82, 2.24) is 15.3 Å². The van der Waals surface area contributed by atoms with Crippen LogP contribution in [0, 0.1) is 11.6 Å². The number of carboxylic acid groups (broad SMARTS) is 1. The molecule has 0 aliphatic rings. The number of benzene rings is 2. The van der Waals surface area contributed by atoms with E-state index in [0.29, 0.717) is 22.4 Å². The van der Waals surface area contributed by atoms with E-state index in [1.807, 2.05) is 0 Å². The number of carboxylic acids is 1. The number of carbonyl (C=O) groups is 2. The second-order valence-corrected chi connectivity index (χ2v) is 7.98. The maximum Gasteiger partial charge on any atom is 1.00 e. The summed E-state index contributed by atoms with van der Waals surface area (Å²) in [6, 6.07) is 9.68. The van der Waals surface area contributed by atoms with Gasteiger partial charge >= 0.3 is 24.9 Å². The number of nitrogens with one attached hydrogen (secondary N) is 2. The molecule has 4 aromatic rings. The van der Waals surface area contributed by atoms with Crippen molar-refractivity contribution >= 4 is 38.7 Å². The zero-order chi connectivity index (χ0) is 24.2. The molecule has 0 bridgehead atoms. The van der Waals surface area contributed by atoms with E-state index in [0.717, 1.165) is 11.3 Å². The molecule has 2 aromatic heterocycles. The third kappa shape index (κ3) is 5.76. The Morgan fingerprint density at radius 2 is 1.89 bits per heavy atom. The number of hydrogen-bond acceptors (Lipinski definition) is 7. The second kappa shape index (κ2) is 11.3. The third-order valence-electron chi connectivity index (χ3n) is 4.70. The fraction of sp³-hybridized carbons (Fsp3) is 0.130. The number of carbonyl (C=O) groups excluding carboxylic acids is 2. The average molecular weight is 490 g/mol. The van der Waals surface area contributed by atoms with Gasteiger partial charge in [-0.25, -0.2) is 18.6 Å².